The summed E-state index contributed by atoms with van der Waals surface area (Å²) in [5.74, 6) is 1.22. The summed E-state index contributed by atoms with van der Waals surface area (Å²) in [6.07, 6.45) is 9.17. The first-order valence-corrected chi connectivity index (χ1v) is 19.1. The van der Waals surface area contributed by atoms with Crippen LogP contribution in [0.1, 0.15) is 51.5 Å². The van der Waals surface area contributed by atoms with Gasteiger partial charge in [-0.15, -0.1) is 0 Å². The number of amides is 1. The molecule has 1 N–H and O–H groups in total. The lowest BCUT2D eigenvalue weighted by Crippen LogP contribution is -2.50. The van der Waals surface area contributed by atoms with Crippen LogP contribution in [0.25, 0.3) is 0 Å². The normalized spacial score (nSPS) is 30.5. The van der Waals surface area contributed by atoms with Crippen molar-refractivity contribution in [1.29, 1.82) is 0 Å². The van der Waals surface area contributed by atoms with Gasteiger partial charge in [0.2, 0.25) is 0 Å². The van der Waals surface area contributed by atoms with Crippen molar-refractivity contribution in [3.8, 4) is 11.5 Å². The number of nitrogens with one attached hydrogen (secondary N) is 1. The van der Waals surface area contributed by atoms with Crippen molar-refractivity contribution in [2.75, 3.05) is 64.1 Å². The van der Waals surface area contributed by atoms with Crippen LogP contribution in [-0.2, 0) is 29.7 Å². The lowest BCUT2D eigenvalue weighted by Gasteiger charge is -2.46. The molecule has 48 heavy (non-hydrogen) atoms. The van der Waals surface area contributed by atoms with Gasteiger partial charge in [0.1, 0.15) is 17.1 Å². The summed E-state index contributed by atoms with van der Waals surface area (Å²) in [6.45, 7) is 9.34. The number of rotatable bonds is 4. The largest absolute Gasteiger partial charge is 0.493 e. The van der Waals surface area contributed by atoms with Crippen LogP contribution in [-0.4, -0.2) is 90.1 Å². The minimum atomic E-state index is -4.20. The van der Waals surface area contributed by atoms with Crippen molar-refractivity contribution in [3.63, 3.8) is 0 Å². The van der Waals surface area contributed by atoms with Gasteiger partial charge in [0.25, 0.3) is 15.9 Å². The Bertz CT molecular complexity index is 1660. The number of halogens is 1. The van der Waals surface area contributed by atoms with Crippen LogP contribution in [0.15, 0.2) is 53.4 Å². The molecule has 0 unspecified atom stereocenters. The molecule has 2 fully saturated rings. The summed E-state index contributed by atoms with van der Waals surface area (Å²) in [4.78, 5) is 18.0. The molecule has 2 bridgehead atoms. The van der Waals surface area contributed by atoms with E-state index in [9.17, 15) is 13.2 Å². The van der Waals surface area contributed by atoms with Crippen LogP contribution >= 0.6 is 11.6 Å². The molecule has 1 spiro atoms. The average molecular weight is 700 g/mol. The maximum absolute atomic E-state index is 13.6. The minimum absolute atomic E-state index is 0.00520. The van der Waals surface area contributed by atoms with Gasteiger partial charge in [-0.1, -0.05) is 29.8 Å². The highest BCUT2D eigenvalue weighted by molar-refractivity contribution is 7.90. The Hall–Kier alpha value is -2.83. The first-order chi connectivity index (χ1) is 23.0. The molecule has 1 amide bonds. The van der Waals surface area contributed by atoms with Gasteiger partial charge in [0.05, 0.1) is 48.5 Å². The zero-order chi connectivity index (χ0) is 33.5. The Kier molecular flexibility index (Phi) is 9.45. The second kappa shape index (κ2) is 13.5. The zero-order valence-electron chi connectivity index (χ0n) is 27.8. The molecule has 260 valence electrons. The molecule has 1 saturated heterocycles. The first-order valence-electron chi connectivity index (χ1n) is 17.2. The van der Waals surface area contributed by atoms with E-state index in [1.807, 2.05) is 24.3 Å². The number of carbonyl (C=O) groups is 1. The molecule has 0 aromatic heterocycles. The Morgan fingerprint density at radius 1 is 1.06 bits per heavy atom. The van der Waals surface area contributed by atoms with E-state index in [1.54, 1.807) is 26.0 Å². The van der Waals surface area contributed by atoms with Crippen LogP contribution in [0, 0.1) is 11.8 Å². The first kappa shape index (κ1) is 33.7. The lowest BCUT2D eigenvalue weighted by atomic mass is 9.69. The molecule has 0 radical (unpaired) electrons. The Labute approximate surface area is 288 Å². The van der Waals surface area contributed by atoms with Crippen LogP contribution in [0.2, 0.25) is 5.02 Å². The van der Waals surface area contributed by atoms with Crippen molar-refractivity contribution in [3.05, 3.63) is 59.1 Å². The van der Waals surface area contributed by atoms with Crippen molar-refractivity contribution < 1.29 is 32.2 Å². The highest BCUT2D eigenvalue weighted by Crippen LogP contribution is 2.47. The smallest absolute Gasteiger partial charge is 0.265 e. The quantitative estimate of drug-likeness (QED) is 0.445. The van der Waals surface area contributed by atoms with Crippen molar-refractivity contribution >= 4 is 33.2 Å². The standard InChI is InChI=1S/C36H46ClN3O7S/c1-35(2)34(41)38-48(42,43)27-9-12-32-30(21-27)40(23-36(24-46-32)13-18-44-33-20-26(37)8-11-29(33)36)22-25-7-10-28(25)31(6-5-17-47-35)45-19-16-39-14-3-4-15-39/h5-6,8-9,11-12,20-21,25,28,31H,3-4,7,10,13-19,22-24H2,1-2H3,(H,38,41)/b6-5+/t25-,28+,31-,36-/m0/s1. The van der Waals surface area contributed by atoms with Crippen LogP contribution < -0.4 is 19.1 Å². The summed E-state index contributed by atoms with van der Waals surface area (Å²) in [7, 11) is -4.20. The molecule has 12 heteroatoms. The number of benzene rings is 2. The van der Waals surface area contributed by atoms with E-state index in [-0.39, 0.29) is 23.5 Å². The summed E-state index contributed by atoms with van der Waals surface area (Å²) < 4.78 is 54.6. The van der Waals surface area contributed by atoms with Crippen LogP contribution in [0.3, 0.4) is 0 Å². The summed E-state index contributed by atoms with van der Waals surface area (Å²) in [5, 5.41) is 0.611. The third kappa shape index (κ3) is 6.81. The molecule has 7 rings (SSSR count). The lowest BCUT2D eigenvalue weighted by molar-refractivity contribution is -0.139. The SMILES string of the molecule is CC1(C)OC/C=C/[C@H](OCCN2CCCC2)[C@@H]2CC[C@H]2CN2C[C@@]3(CCOc4cc(Cl)ccc43)COc3ccc(cc32)S(=O)(=O)NC1=O. The molecule has 10 nitrogen and oxygen atoms in total. The Morgan fingerprint density at radius 2 is 1.90 bits per heavy atom. The monoisotopic (exact) mass is 699 g/mol. The number of hydrogen-bond donors (Lipinski definition) is 1. The fourth-order valence-corrected chi connectivity index (χ4v) is 9.05. The maximum Gasteiger partial charge on any atom is 0.265 e. The molecule has 1 saturated carbocycles. The number of anilines is 1. The fourth-order valence-electron chi connectivity index (χ4n) is 7.77. The second-order valence-corrected chi connectivity index (χ2v) is 16.5. The molecular formula is C36H46ClN3O7S. The second-order valence-electron chi connectivity index (χ2n) is 14.4. The van der Waals surface area contributed by atoms with Gasteiger partial charge >= 0.3 is 0 Å². The third-order valence-electron chi connectivity index (χ3n) is 10.8. The summed E-state index contributed by atoms with van der Waals surface area (Å²) in [5.41, 5.74) is -0.0556. The molecule has 1 aliphatic carbocycles. The predicted octanol–water partition coefficient (Wildman–Crippen LogP) is 4.94. The van der Waals surface area contributed by atoms with Crippen LogP contribution in [0.4, 0.5) is 5.69 Å². The topological polar surface area (TPSA) is 107 Å². The number of carbonyl (C=O) groups excluding carboxylic acids is 1. The Morgan fingerprint density at radius 3 is 2.69 bits per heavy atom. The van der Waals surface area contributed by atoms with Gasteiger partial charge in [-0.25, -0.2) is 13.1 Å². The minimum Gasteiger partial charge on any atom is -0.493 e. The molecule has 4 heterocycles. The van der Waals surface area contributed by atoms with E-state index in [0.717, 1.165) is 50.2 Å². The molecule has 2 aromatic rings. The number of likely N-dealkylation sites (tertiary alicyclic amines) is 1. The average Bonchev–Trinajstić information content (AvgIpc) is 3.51. The highest BCUT2D eigenvalue weighted by atomic mass is 35.5. The van der Waals surface area contributed by atoms with Gasteiger partial charge in [-0.3, -0.25) is 4.79 Å². The van der Waals surface area contributed by atoms with Crippen molar-refractivity contribution in [2.24, 2.45) is 11.8 Å². The number of sulfonamides is 1. The van der Waals surface area contributed by atoms with E-state index in [4.69, 9.17) is 30.5 Å². The van der Waals surface area contributed by atoms with Gasteiger partial charge in [0, 0.05) is 30.2 Å². The van der Waals surface area contributed by atoms with E-state index in [1.165, 1.54) is 18.9 Å². The van der Waals surface area contributed by atoms with Crippen LogP contribution in [0.5, 0.6) is 11.5 Å². The van der Waals surface area contributed by atoms with Gasteiger partial charge in [-0.2, -0.15) is 0 Å². The molecule has 2 aromatic carbocycles. The molecular weight excluding hydrogens is 654 g/mol. The van der Waals surface area contributed by atoms with E-state index < -0.39 is 26.9 Å². The van der Waals surface area contributed by atoms with Crippen molar-refractivity contribution in [2.45, 2.75) is 68.0 Å². The number of fused-ring (bicyclic) bond motifs is 4. The van der Waals surface area contributed by atoms with Crippen molar-refractivity contribution in [1.82, 2.24) is 9.62 Å². The zero-order valence-corrected chi connectivity index (χ0v) is 29.4. The predicted molar refractivity (Wildman–Crippen MR) is 184 cm³/mol. The molecule has 4 aliphatic heterocycles. The molecule has 5 aliphatic rings. The molecule has 4 atom stereocenters. The Balaban J connectivity index is 1.25. The summed E-state index contributed by atoms with van der Waals surface area (Å²) >= 11 is 6.37. The van der Waals surface area contributed by atoms with E-state index >= 15 is 0 Å². The number of nitrogens with zero attached hydrogens (tertiary/aromatic N) is 2. The number of hydrogen-bond acceptors (Lipinski definition) is 9. The third-order valence-corrected chi connectivity index (χ3v) is 12.4. The van der Waals surface area contributed by atoms with E-state index in [0.29, 0.717) is 55.3 Å². The highest BCUT2D eigenvalue weighted by Gasteiger charge is 2.45. The van der Waals surface area contributed by atoms with Gasteiger partial charge in [0.15, 0.2) is 0 Å². The summed E-state index contributed by atoms with van der Waals surface area (Å²) in [6, 6.07) is 10.6. The van der Waals surface area contributed by atoms with Gasteiger partial charge < -0.3 is 28.7 Å². The van der Waals surface area contributed by atoms with E-state index in [2.05, 4.69) is 20.6 Å². The van der Waals surface area contributed by atoms with Gasteiger partial charge in [-0.05, 0) is 101 Å². The fraction of sp³-hybridized carbons (Fsp3) is 0.583. The number of ether oxygens (including phenoxy) is 4. The maximum atomic E-state index is 13.6.